The molecular formula is C23H25N5O4S. The van der Waals surface area contributed by atoms with Crippen LogP contribution in [0.1, 0.15) is 38.5 Å². The van der Waals surface area contributed by atoms with Crippen molar-refractivity contribution >= 4 is 41.0 Å². The van der Waals surface area contributed by atoms with Gasteiger partial charge in [0.15, 0.2) is 5.82 Å². The molecule has 0 fully saturated rings. The van der Waals surface area contributed by atoms with E-state index in [4.69, 9.17) is 9.26 Å². The van der Waals surface area contributed by atoms with E-state index < -0.39 is 6.03 Å². The monoisotopic (exact) mass is 467 g/mol. The Balaban J connectivity index is 1.46. The topological polar surface area (TPSA) is 118 Å². The minimum atomic E-state index is -0.424. The molecule has 1 aliphatic heterocycles. The predicted molar refractivity (Wildman–Crippen MR) is 127 cm³/mol. The molecule has 3 N–H and O–H groups in total. The molecule has 1 aromatic carbocycles. The Labute approximate surface area is 195 Å². The van der Waals surface area contributed by atoms with E-state index in [2.05, 4.69) is 26.1 Å². The Morgan fingerprint density at radius 1 is 1.18 bits per heavy atom. The smallest absolute Gasteiger partial charge is 0.324 e. The van der Waals surface area contributed by atoms with Gasteiger partial charge in [-0.2, -0.15) is 0 Å². The summed E-state index contributed by atoms with van der Waals surface area (Å²) >= 11 is 1.48. The Bertz CT molecular complexity index is 1200. The third-order valence-electron chi connectivity index (χ3n) is 5.01. The second-order valence-electron chi connectivity index (χ2n) is 8.55. The maximum absolute atomic E-state index is 12.5. The summed E-state index contributed by atoms with van der Waals surface area (Å²) in [7, 11) is 0. The zero-order chi connectivity index (χ0) is 23.6. The van der Waals surface area contributed by atoms with Gasteiger partial charge in [0.2, 0.25) is 5.91 Å². The molecule has 3 aromatic rings. The van der Waals surface area contributed by atoms with Gasteiger partial charge in [-0.25, -0.2) is 9.78 Å². The minimum Gasteiger partial charge on any atom is -0.457 e. The molecule has 0 atom stereocenters. The largest absolute Gasteiger partial charge is 0.457 e. The lowest BCUT2D eigenvalue weighted by atomic mass is 9.93. The summed E-state index contributed by atoms with van der Waals surface area (Å²) in [6, 6.07) is 8.47. The number of ether oxygens (including phenoxy) is 1. The summed E-state index contributed by atoms with van der Waals surface area (Å²) in [5.74, 6) is 2.77. The number of pyridine rings is 1. The molecular weight excluding hydrogens is 442 g/mol. The van der Waals surface area contributed by atoms with Crippen LogP contribution in [-0.2, 0) is 16.6 Å². The molecule has 10 heteroatoms. The molecule has 2 aromatic heterocycles. The summed E-state index contributed by atoms with van der Waals surface area (Å²) in [5, 5.41) is 12.2. The van der Waals surface area contributed by atoms with E-state index in [1.165, 1.54) is 11.8 Å². The van der Waals surface area contributed by atoms with E-state index in [9.17, 15) is 9.59 Å². The highest BCUT2D eigenvalue weighted by molar-refractivity contribution is 7.98. The van der Waals surface area contributed by atoms with Crippen LogP contribution in [0.15, 0.2) is 45.9 Å². The molecule has 3 amide bonds. The van der Waals surface area contributed by atoms with E-state index in [1.54, 1.807) is 30.5 Å². The van der Waals surface area contributed by atoms with Gasteiger partial charge in [-0.1, -0.05) is 25.9 Å². The number of amides is 3. The predicted octanol–water partition coefficient (Wildman–Crippen LogP) is 5.41. The van der Waals surface area contributed by atoms with Gasteiger partial charge in [0.1, 0.15) is 23.1 Å². The lowest BCUT2D eigenvalue weighted by Gasteiger charge is -2.19. The quantitative estimate of drug-likeness (QED) is 0.429. The van der Waals surface area contributed by atoms with Crippen molar-refractivity contribution in [1.82, 2.24) is 10.1 Å². The second kappa shape index (κ2) is 9.14. The van der Waals surface area contributed by atoms with Crippen molar-refractivity contribution in [1.29, 1.82) is 0 Å². The zero-order valence-corrected chi connectivity index (χ0v) is 19.6. The molecule has 0 spiro atoms. The Hall–Kier alpha value is -3.53. The van der Waals surface area contributed by atoms with Gasteiger partial charge in [-0.15, -0.1) is 11.8 Å². The number of carbonyl (C=O) groups is 2. The Morgan fingerprint density at radius 2 is 2.00 bits per heavy atom. The Kier molecular flexibility index (Phi) is 6.28. The number of benzene rings is 1. The number of hydrogen-bond donors (Lipinski definition) is 3. The van der Waals surface area contributed by atoms with E-state index in [0.717, 1.165) is 10.5 Å². The molecule has 3 heterocycles. The standard InChI is InChI=1S/C23H25N5O4S/c1-23(2,3)18-12-19(28-32-18)26-22(30)25-15-7-5-13(11-17(15)33-4)31-16-9-10-24-21-14(16)6-8-20(29)27-21/h5,7,9-12H,6,8H2,1-4H3,(H,24,27,29)(H2,25,26,28,30). The first kappa shape index (κ1) is 22.7. The average molecular weight is 468 g/mol. The summed E-state index contributed by atoms with van der Waals surface area (Å²) < 4.78 is 11.4. The minimum absolute atomic E-state index is 0.0502. The number of nitrogens with one attached hydrogen (secondary N) is 3. The fourth-order valence-corrected chi connectivity index (χ4v) is 3.85. The van der Waals surface area contributed by atoms with E-state index >= 15 is 0 Å². The van der Waals surface area contributed by atoms with Gasteiger partial charge < -0.3 is 19.9 Å². The fourth-order valence-electron chi connectivity index (χ4n) is 3.28. The van der Waals surface area contributed by atoms with Gasteiger partial charge in [-0.3, -0.25) is 10.1 Å². The van der Waals surface area contributed by atoms with Gasteiger partial charge in [0.05, 0.1) is 5.69 Å². The highest BCUT2D eigenvalue weighted by Gasteiger charge is 2.22. The van der Waals surface area contributed by atoms with Crippen molar-refractivity contribution < 1.29 is 18.8 Å². The van der Waals surface area contributed by atoms with Crippen molar-refractivity contribution in [2.24, 2.45) is 0 Å². The summed E-state index contributed by atoms with van der Waals surface area (Å²) in [6.45, 7) is 6.01. The fraction of sp³-hybridized carbons (Fsp3) is 0.304. The lowest BCUT2D eigenvalue weighted by molar-refractivity contribution is -0.116. The molecule has 0 saturated carbocycles. The number of aromatic nitrogens is 2. The number of urea groups is 1. The van der Waals surface area contributed by atoms with Crippen LogP contribution in [0.5, 0.6) is 11.5 Å². The van der Waals surface area contributed by atoms with Crippen LogP contribution >= 0.6 is 11.8 Å². The number of carbonyl (C=O) groups excluding carboxylic acids is 2. The molecule has 9 nitrogen and oxygen atoms in total. The third-order valence-corrected chi connectivity index (χ3v) is 5.79. The molecule has 33 heavy (non-hydrogen) atoms. The summed E-state index contributed by atoms with van der Waals surface area (Å²) in [6.07, 6.45) is 4.48. The van der Waals surface area contributed by atoms with Gasteiger partial charge in [-0.05, 0) is 36.9 Å². The molecule has 0 aliphatic carbocycles. The third kappa shape index (κ3) is 5.28. The number of nitrogens with zero attached hydrogens (tertiary/aromatic N) is 2. The number of hydrogen-bond acceptors (Lipinski definition) is 7. The normalized spacial score (nSPS) is 13.2. The molecule has 0 unspecified atom stereocenters. The van der Waals surface area contributed by atoms with Crippen LogP contribution in [0, 0.1) is 0 Å². The second-order valence-corrected chi connectivity index (χ2v) is 9.40. The molecule has 4 rings (SSSR count). The number of rotatable bonds is 5. The van der Waals surface area contributed by atoms with Crippen molar-refractivity contribution in [2.75, 3.05) is 22.2 Å². The van der Waals surface area contributed by atoms with Gasteiger partial charge in [0, 0.05) is 34.6 Å². The highest BCUT2D eigenvalue weighted by Crippen LogP contribution is 2.36. The van der Waals surface area contributed by atoms with E-state index in [1.807, 2.05) is 33.1 Å². The van der Waals surface area contributed by atoms with Gasteiger partial charge in [0.25, 0.3) is 0 Å². The zero-order valence-electron chi connectivity index (χ0n) is 18.8. The van der Waals surface area contributed by atoms with Crippen LogP contribution in [0.25, 0.3) is 0 Å². The van der Waals surface area contributed by atoms with Crippen LogP contribution in [0.2, 0.25) is 0 Å². The summed E-state index contributed by atoms with van der Waals surface area (Å²) in [4.78, 5) is 29.2. The van der Waals surface area contributed by atoms with Crippen LogP contribution in [0.4, 0.5) is 22.1 Å². The maximum atomic E-state index is 12.5. The molecule has 1 aliphatic rings. The van der Waals surface area contributed by atoms with Crippen molar-refractivity contribution in [2.45, 2.75) is 43.9 Å². The van der Waals surface area contributed by atoms with Crippen LogP contribution in [0.3, 0.4) is 0 Å². The van der Waals surface area contributed by atoms with Gasteiger partial charge >= 0.3 is 6.03 Å². The van der Waals surface area contributed by atoms with Crippen molar-refractivity contribution in [3.8, 4) is 11.5 Å². The molecule has 0 saturated heterocycles. The van der Waals surface area contributed by atoms with E-state index in [0.29, 0.717) is 47.4 Å². The maximum Gasteiger partial charge on any atom is 0.324 e. The summed E-state index contributed by atoms with van der Waals surface area (Å²) in [5.41, 5.74) is 1.30. The Morgan fingerprint density at radius 3 is 2.73 bits per heavy atom. The van der Waals surface area contributed by atoms with Crippen LogP contribution < -0.4 is 20.7 Å². The van der Waals surface area contributed by atoms with Crippen molar-refractivity contribution in [3.63, 3.8) is 0 Å². The molecule has 0 bridgehead atoms. The SMILES string of the molecule is CSc1cc(Oc2ccnc3c2CCC(=O)N3)ccc1NC(=O)Nc1cc(C(C)(C)C)on1. The number of anilines is 3. The van der Waals surface area contributed by atoms with E-state index in [-0.39, 0.29) is 11.3 Å². The first-order valence-corrected chi connectivity index (χ1v) is 11.6. The average Bonchev–Trinajstić information content (AvgIpc) is 3.23. The number of fused-ring (bicyclic) bond motifs is 1. The first-order valence-electron chi connectivity index (χ1n) is 10.4. The van der Waals surface area contributed by atoms with Crippen LogP contribution in [-0.4, -0.2) is 28.3 Å². The highest BCUT2D eigenvalue weighted by atomic mass is 32.2. The van der Waals surface area contributed by atoms with Crippen molar-refractivity contribution in [3.05, 3.63) is 47.9 Å². The lowest BCUT2D eigenvalue weighted by Crippen LogP contribution is -2.20. The molecule has 172 valence electrons. The number of thioether (sulfide) groups is 1. The first-order chi connectivity index (χ1) is 15.7. The molecule has 0 radical (unpaired) electrons.